The van der Waals surface area contributed by atoms with Crippen LogP contribution < -0.4 is 14.4 Å². The molecule has 1 fully saturated rings. The van der Waals surface area contributed by atoms with E-state index in [0.717, 1.165) is 11.1 Å². The van der Waals surface area contributed by atoms with Gasteiger partial charge in [0.1, 0.15) is 18.1 Å². The van der Waals surface area contributed by atoms with Crippen LogP contribution in [0.4, 0.5) is 5.69 Å². The first-order chi connectivity index (χ1) is 15.9. The first-order valence-corrected chi connectivity index (χ1v) is 11.1. The Morgan fingerprint density at radius 1 is 1.00 bits per heavy atom. The molecule has 0 bridgehead atoms. The Hall–Kier alpha value is -3.62. The topological polar surface area (TPSA) is 76.1 Å². The van der Waals surface area contributed by atoms with Gasteiger partial charge in [0.15, 0.2) is 4.32 Å². The molecule has 0 radical (unpaired) electrons. The van der Waals surface area contributed by atoms with Crippen molar-refractivity contribution in [3.05, 3.63) is 94.4 Å². The molecule has 6 nitrogen and oxygen atoms in total. The van der Waals surface area contributed by atoms with E-state index in [-0.39, 0.29) is 11.5 Å². The van der Waals surface area contributed by atoms with Crippen molar-refractivity contribution in [2.45, 2.75) is 6.61 Å². The maximum Gasteiger partial charge on any atom is 0.335 e. The second-order valence-electron chi connectivity index (χ2n) is 7.07. The first kappa shape index (κ1) is 22.6. The fraction of sp³-hybridized carbons (Fsp3) is 0.0800. The summed E-state index contributed by atoms with van der Waals surface area (Å²) in [6.45, 7) is 0.319. The number of nitrogens with zero attached hydrogens (tertiary/aromatic N) is 1. The lowest BCUT2D eigenvalue weighted by Gasteiger charge is -2.14. The Bertz CT molecular complexity index is 1220. The zero-order chi connectivity index (χ0) is 23.4. The summed E-state index contributed by atoms with van der Waals surface area (Å²) in [5, 5.41) is 8.96. The van der Waals surface area contributed by atoms with Gasteiger partial charge in [0.25, 0.3) is 5.91 Å². The Morgan fingerprint density at radius 3 is 2.24 bits per heavy atom. The SMILES string of the molecule is COc1ccc(N2C(=O)/C(=C/c3ccc(OCc4ccc(C(=O)O)cc4)cc3)SC2=S)cc1. The van der Waals surface area contributed by atoms with Gasteiger partial charge in [-0.05, 0) is 65.7 Å². The van der Waals surface area contributed by atoms with Crippen molar-refractivity contribution in [2.75, 3.05) is 12.0 Å². The van der Waals surface area contributed by atoms with Crippen molar-refractivity contribution in [3.8, 4) is 11.5 Å². The maximum atomic E-state index is 12.9. The van der Waals surface area contributed by atoms with Gasteiger partial charge in [-0.3, -0.25) is 9.69 Å². The van der Waals surface area contributed by atoms with Crippen molar-refractivity contribution in [3.63, 3.8) is 0 Å². The molecule has 0 unspecified atom stereocenters. The number of methoxy groups -OCH3 is 1. The molecule has 1 aliphatic heterocycles. The lowest BCUT2D eigenvalue weighted by Crippen LogP contribution is -2.27. The van der Waals surface area contributed by atoms with Crippen LogP contribution in [-0.2, 0) is 11.4 Å². The first-order valence-electron chi connectivity index (χ1n) is 9.92. The number of hydrogen-bond donors (Lipinski definition) is 1. The van der Waals surface area contributed by atoms with E-state index in [1.165, 1.54) is 16.7 Å². The third kappa shape index (κ3) is 5.24. The number of thiocarbonyl (C=S) groups is 1. The molecule has 3 aromatic carbocycles. The van der Waals surface area contributed by atoms with Crippen LogP contribution in [0.2, 0.25) is 0 Å². The number of hydrogen-bond acceptors (Lipinski definition) is 6. The molecule has 1 heterocycles. The highest BCUT2D eigenvalue weighted by molar-refractivity contribution is 8.27. The zero-order valence-electron chi connectivity index (χ0n) is 17.6. The Labute approximate surface area is 200 Å². The molecule has 0 aliphatic carbocycles. The summed E-state index contributed by atoms with van der Waals surface area (Å²) in [7, 11) is 1.59. The number of amides is 1. The predicted molar refractivity (Wildman–Crippen MR) is 133 cm³/mol. The molecule has 1 aliphatic rings. The molecule has 0 saturated carbocycles. The number of benzene rings is 3. The van der Waals surface area contributed by atoms with E-state index in [1.807, 2.05) is 24.3 Å². The van der Waals surface area contributed by atoms with Gasteiger partial charge in [0, 0.05) is 0 Å². The van der Waals surface area contributed by atoms with Crippen LogP contribution in [0.5, 0.6) is 11.5 Å². The van der Waals surface area contributed by atoms with E-state index in [0.29, 0.717) is 33.0 Å². The largest absolute Gasteiger partial charge is 0.497 e. The third-order valence-corrected chi connectivity index (χ3v) is 6.21. The number of carbonyl (C=O) groups excluding carboxylic acids is 1. The van der Waals surface area contributed by atoms with Crippen molar-refractivity contribution in [2.24, 2.45) is 0 Å². The Morgan fingerprint density at radius 2 is 1.64 bits per heavy atom. The van der Waals surface area contributed by atoms with E-state index in [4.69, 9.17) is 26.8 Å². The molecule has 0 spiro atoms. The van der Waals surface area contributed by atoms with Crippen LogP contribution in [-0.4, -0.2) is 28.4 Å². The van der Waals surface area contributed by atoms with E-state index in [2.05, 4.69) is 0 Å². The molecule has 0 atom stereocenters. The van der Waals surface area contributed by atoms with Gasteiger partial charge >= 0.3 is 5.97 Å². The maximum absolute atomic E-state index is 12.9. The molecule has 4 rings (SSSR count). The van der Waals surface area contributed by atoms with Crippen molar-refractivity contribution >= 4 is 51.9 Å². The minimum Gasteiger partial charge on any atom is -0.497 e. The van der Waals surface area contributed by atoms with Crippen LogP contribution >= 0.6 is 24.0 Å². The van der Waals surface area contributed by atoms with Gasteiger partial charge in [-0.15, -0.1) is 0 Å². The number of ether oxygens (including phenoxy) is 2. The van der Waals surface area contributed by atoms with E-state index >= 15 is 0 Å². The van der Waals surface area contributed by atoms with E-state index < -0.39 is 5.97 Å². The molecule has 166 valence electrons. The third-order valence-electron chi connectivity index (χ3n) is 4.91. The van der Waals surface area contributed by atoms with Crippen LogP contribution in [0.3, 0.4) is 0 Å². The number of carboxylic acids is 1. The molecule has 0 aromatic heterocycles. The monoisotopic (exact) mass is 477 g/mol. The van der Waals surface area contributed by atoms with Gasteiger partial charge in [-0.2, -0.15) is 0 Å². The van der Waals surface area contributed by atoms with E-state index in [1.54, 1.807) is 61.7 Å². The molecular weight excluding hydrogens is 458 g/mol. The van der Waals surface area contributed by atoms with E-state index in [9.17, 15) is 9.59 Å². The summed E-state index contributed by atoms with van der Waals surface area (Å²) in [5.41, 5.74) is 2.65. The number of thioether (sulfide) groups is 1. The Kier molecular flexibility index (Phi) is 6.76. The number of carboxylic acid groups (broad SMARTS) is 1. The van der Waals surface area contributed by atoms with Gasteiger partial charge in [0.2, 0.25) is 0 Å². The second-order valence-corrected chi connectivity index (χ2v) is 8.75. The fourth-order valence-corrected chi connectivity index (χ4v) is 4.44. The van der Waals surface area contributed by atoms with Crippen molar-refractivity contribution in [1.29, 1.82) is 0 Å². The van der Waals surface area contributed by atoms with Gasteiger partial charge < -0.3 is 14.6 Å². The lowest BCUT2D eigenvalue weighted by atomic mass is 10.1. The van der Waals surface area contributed by atoms with Crippen molar-refractivity contribution < 1.29 is 24.2 Å². The number of aromatic carboxylic acids is 1. The summed E-state index contributed by atoms with van der Waals surface area (Å²) in [4.78, 5) is 25.9. The van der Waals surface area contributed by atoms with Crippen LogP contribution in [0.1, 0.15) is 21.5 Å². The van der Waals surface area contributed by atoms with Crippen LogP contribution in [0, 0.1) is 0 Å². The average molecular weight is 478 g/mol. The summed E-state index contributed by atoms with van der Waals surface area (Å²) in [5.74, 6) is 0.249. The summed E-state index contributed by atoms with van der Waals surface area (Å²) >= 11 is 6.68. The molecule has 3 aromatic rings. The molecule has 1 amide bonds. The highest BCUT2D eigenvalue weighted by Gasteiger charge is 2.33. The molecular formula is C25H19NO5S2. The van der Waals surface area contributed by atoms with Gasteiger partial charge in [-0.1, -0.05) is 48.2 Å². The quantitative estimate of drug-likeness (QED) is 0.362. The summed E-state index contributed by atoms with van der Waals surface area (Å²) in [6, 6.07) is 21.1. The van der Waals surface area contributed by atoms with Gasteiger partial charge in [0.05, 0.1) is 23.3 Å². The van der Waals surface area contributed by atoms with Gasteiger partial charge in [-0.25, -0.2) is 4.79 Å². The molecule has 33 heavy (non-hydrogen) atoms. The molecule has 8 heteroatoms. The number of carbonyl (C=O) groups is 2. The second kappa shape index (κ2) is 9.89. The molecule has 1 saturated heterocycles. The average Bonchev–Trinajstić information content (AvgIpc) is 3.11. The number of rotatable bonds is 7. The van der Waals surface area contributed by atoms with Crippen molar-refractivity contribution in [1.82, 2.24) is 0 Å². The minimum absolute atomic E-state index is 0.166. The Balaban J connectivity index is 1.41. The van der Waals surface area contributed by atoms with Crippen LogP contribution in [0.15, 0.2) is 77.7 Å². The normalized spacial score (nSPS) is 14.6. The lowest BCUT2D eigenvalue weighted by molar-refractivity contribution is -0.113. The standard InChI is InChI=1S/C25H19NO5S2/c1-30-20-12-8-19(9-13-20)26-23(27)22(33-25(26)32)14-16-4-10-21(11-5-16)31-15-17-2-6-18(7-3-17)24(28)29/h2-14H,15H2,1H3,(H,28,29)/b22-14-. The zero-order valence-corrected chi connectivity index (χ0v) is 19.2. The smallest absolute Gasteiger partial charge is 0.335 e. The summed E-state index contributed by atoms with van der Waals surface area (Å²) < 4.78 is 11.4. The number of anilines is 1. The fourth-order valence-electron chi connectivity index (χ4n) is 3.14. The predicted octanol–water partition coefficient (Wildman–Crippen LogP) is 5.38. The summed E-state index contributed by atoms with van der Waals surface area (Å²) in [6.07, 6.45) is 1.80. The highest BCUT2D eigenvalue weighted by atomic mass is 32.2. The van der Waals surface area contributed by atoms with Crippen LogP contribution in [0.25, 0.3) is 6.08 Å². The highest BCUT2D eigenvalue weighted by Crippen LogP contribution is 2.36. The molecule has 1 N–H and O–H groups in total. The minimum atomic E-state index is -0.959.